The molecule has 0 amide bonds. The van der Waals surface area contributed by atoms with Crippen LogP contribution in [0.25, 0.3) is 0 Å². The summed E-state index contributed by atoms with van der Waals surface area (Å²) in [4.78, 5) is 10.9. The monoisotopic (exact) mass is 286 g/mol. The lowest BCUT2D eigenvalue weighted by Crippen LogP contribution is -2.08. The Morgan fingerprint density at radius 2 is 1.86 bits per heavy atom. The van der Waals surface area contributed by atoms with Gasteiger partial charge in [0, 0.05) is 6.07 Å². The highest BCUT2D eigenvalue weighted by atomic mass is 16.5. The molecule has 0 unspecified atom stereocenters. The molecule has 2 rings (SSSR count). The third-order valence-corrected chi connectivity index (χ3v) is 2.94. The van der Waals surface area contributed by atoms with Gasteiger partial charge in [0.25, 0.3) is 0 Å². The summed E-state index contributed by atoms with van der Waals surface area (Å²) in [6.45, 7) is 1.37. The molecule has 0 radical (unpaired) electrons. The Morgan fingerprint density at radius 1 is 1.05 bits per heavy atom. The van der Waals surface area contributed by atoms with Gasteiger partial charge in [0.05, 0.1) is 25.9 Å². The van der Waals surface area contributed by atoms with Gasteiger partial charge in [-0.1, -0.05) is 30.3 Å². The minimum absolute atomic E-state index is 0.376. The van der Waals surface area contributed by atoms with E-state index in [4.69, 9.17) is 14.2 Å². The van der Waals surface area contributed by atoms with E-state index in [1.165, 1.54) is 0 Å². The summed E-state index contributed by atoms with van der Waals surface area (Å²) in [5.74, 6) is 1.16. The van der Waals surface area contributed by atoms with Gasteiger partial charge in [-0.15, -0.1) is 0 Å². The predicted molar refractivity (Wildman–Crippen MR) is 80.0 cm³/mol. The van der Waals surface area contributed by atoms with Crippen molar-refractivity contribution in [1.29, 1.82) is 0 Å². The molecule has 4 heteroatoms. The van der Waals surface area contributed by atoms with Crippen LogP contribution < -0.4 is 9.47 Å². The average Bonchev–Trinajstić information content (AvgIpc) is 2.55. The number of rotatable bonds is 8. The Morgan fingerprint density at radius 3 is 2.57 bits per heavy atom. The van der Waals surface area contributed by atoms with E-state index in [9.17, 15) is 4.79 Å². The molecule has 0 atom stereocenters. The Bertz CT molecular complexity index is 566. The Kier molecular flexibility index (Phi) is 5.79. The normalized spacial score (nSPS) is 10.1. The molecule has 4 nitrogen and oxygen atoms in total. The van der Waals surface area contributed by atoms with Gasteiger partial charge in [-0.05, 0) is 17.7 Å². The van der Waals surface area contributed by atoms with Gasteiger partial charge in [0.15, 0.2) is 6.29 Å². The van der Waals surface area contributed by atoms with Crippen molar-refractivity contribution >= 4 is 6.29 Å². The van der Waals surface area contributed by atoms with Gasteiger partial charge < -0.3 is 14.2 Å². The van der Waals surface area contributed by atoms with E-state index in [-0.39, 0.29) is 0 Å². The maximum atomic E-state index is 10.9. The van der Waals surface area contributed by atoms with E-state index in [1.807, 2.05) is 30.3 Å². The maximum absolute atomic E-state index is 10.9. The highest BCUT2D eigenvalue weighted by Gasteiger charge is 2.05. The van der Waals surface area contributed by atoms with E-state index in [0.29, 0.717) is 36.9 Å². The third kappa shape index (κ3) is 4.61. The zero-order valence-electron chi connectivity index (χ0n) is 12.0. The SMILES string of the molecule is COc1ccc(C=O)c(OCCOCc2ccccc2)c1. The van der Waals surface area contributed by atoms with Gasteiger partial charge in [0.2, 0.25) is 0 Å². The van der Waals surface area contributed by atoms with Crippen molar-refractivity contribution in [3.8, 4) is 11.5 Å². The van der Waals surface area contributed by atoms with Crippen LogP contribution in [0.1, 0.15) is 15.9 Å². The second-order valence-electron chi connectivity index (χ2n) is 4.41. The molecule has 0 N–H and O–H groups in total. The summed E-state index contributed by atoms with van der Waals surface area (Å²) < 4.78 is 16.2. The first-order chi connectivity index (χ1) is 10.3. The zero-order valence-corrected chi connectivity index (χ0v) is 12.0. The van der Waals surface area contributed by atoms with E-state index < -0.39 is 0 Å². The van der Waals surface area contributed by atoms with Gasteiger partial charge >= 0.3 is 0 Å². The lowest BCUT2D eigenvalue weighted by molar-refractivity contribution is 0.0881. The fourth-order valence-electron chi connectivity index (χ4n) is 1.84. The lowest BCUT2D eigenvalue weighted by Gasteiger charge is -2.10. The molecule has 0 aromatic heterocycles. The molecule has 2 aromatic rings. The first-order valence-corrected chi connectivity index (χ1v) is 6.71. The minimum atomic E-state index is 0.376. The van der Waals surface area contributed by atoms with Crippen LogP contribution in [0.4, 0.5) is 0 Å². The van der Waals surface area contributed by atoms with Crippen LogP contribution >= 0.6 is 0 Å². The van der Waals surface area contributed by atoms with Crippen molar-refractivity contribution in [2.24, 2.45) is 0 Å². The van der Waals surface area contributed by atoms with Crippen molar-refractivity contribution in [3.63, 3.8) is 0 Å². The molecule has 0 fully saturated rings. The molecule has 2 aromatic carbocycles. The van der Waals surface area contributed by atoms with Gasteiger partial charge in [-0.3, -0.25) is 4.79 Å². The van der Waals surface area contributed by atoms with Crippen molar-refractivity contribution in [2.45, 2.75) is 6.61 Å². The molecular weight excluding hydrogens is 268 g/mol. The number of hydrogen-bond acceptors (Lipinski definition) is 4. The predicted octanol–water partition coefficient (Wildman–Crippen LogP) is 3.10. The highest BCUT2D eigenvalue weighted by Crippen LogP contribution is 2.23. The van der Waals surface area contributed by atoms with Crippen molar-refractivity contribution in [3.05, 3.63) is 59.7 Å². The van der Waals surface area contributed by atoms with Crippen LogP contribution in [0.3, 0.4) is 0 Å². The van der Waals surface area contributed by atoms with Crippen LogP contribution in [0, 0.1) is 0 Å². The molecule has 0 saturated carbocycles. The van der Waals surface area contributed by atoms with Crippen LogP contribution in [0.2, 0.25) is 0 Å². The summed E-state index contributed by atoms with van der Waals surface area (Å²) in [6.07, 6.45) is 0.763. The summed E-state index contributed by atoms with van der Waals surface area (Å²) in [7, 11) is 1.57. The lowest BCUT2D eigenvalue weighted by atomic mass is 10.2. The quantitative estimate of drug-likeness (QED) is 0.552. The fourth-order valence-corrected chi connectivity index (χ4v) is 1.84. The summed E-state index contributed by atoms with van der Waals surface area (Å²) in [6, 6.07) is 15.0. The summed E-state index contributed by atoms with van der Waals surface area (Å²) in [5, 5.41) is 0. The third-order valence-electron chi connectivity index (χ3n) is 2.94. The largest absolute Gasteiger partial charge is 0.497 e. The molecule has 0 aliphatic rings. The molecule has 21 heavy (non-hydrogen) atoms. The molecule has 0 bridgehead atoms. The first-order valence-electron chi connectivity index (χ1n) is 6.71. The second kappa shape index (κ2) is 8.07. The van der Waals surface area contributed by atoms with Crippen LogP contribution in [0.5, 0.6) is 11.5 Å². The van der Waals surface area contributed by atoms with Crippen molar-refractivity contribution < 1.29 is 19.0 Å². The van der Waals surface area contributed by atoms with Crippen LogP contribution in [-0.4, -0.2) is 26.6 Å². The Labute approximate surface area is 124 Å². The average molecular weight is 286 g/mol. The number of carbonyl (C=O) groups is 1. The van der Waals surface area contributed by atoms with Crippen LogP contribution in [0.15, 0.2) is 48.5 Å². The molecule has 110 valence electrons. The van der Waals surface area contributed by atoms with Crippen molar-refractivity contribution in [2.75, 3.05) is 20.3 Å². The van der Waals surface area contributed by atoms with Crippen LogP contribution in [-0.2, 0) is 11.3 Å². The molecule has 0 heterocycles. The highest BCUT2D eigenvalue weighted by molar-refractivity contribution is 5.79. The standard InChI is InChI=1S/C17H18O4/c1-19-16-8-7-15(12-18)17(11-16)21-10-9-20-13-14-5-3-2-4-6-14/h2-8,11-12H,9-10,13H2,1H3. The number of hydrogen-bond donors (Lipinski definition) is 0. The summed E-state index contributed by atoms with van der Waals surface area (Å²) >= 11 is 0. The molecule has 0 saturated heterocycles. The van der Waals surface area contributed by atoms with E-state index >= 15 is 0 Å². The Balaban J connectivity index is 1.79. The maximum Gasteiger partial charge on any atom is 0.153 e. The van der Waals surface area contributed by atoms with Gasteiger partial charge in [-0.25, -0.2) is 0 Å². The minimum Gasteiger partial charge on any atom is -0.497 e. The number of aldehydes is 1. The van der Waals surface area contributed by atoms with Gasteiger partial charge in [-0.2, -0.15) is 0 Å². The van der Waals surface area contributed by atoms with E-state index in [1.54, 1.807) is 25.3 Å². The molecule has 0 aliphatic carbocycles. The van der Waals surface area contributed by atoms with Crippen molar-refractivity contribution in [1.82, 2.24) is 0 Å². The zero-order chi connectivity index (χ0) is 14.9. The number of benzene rings is 2. The number of carbonyl (C=O) groups excluding carboxylic acids is 1. The number of methoxy groups -OCH3 is 1. The molecular formula is C17H18O4. The second-order valence-corrected chi connectivity index (χ2v) is 4.41. The summed E-state index contributed by atoms with van der Waals surface area (Å²) in [5.41, 5.74) is 1.62. The topological polar surface area (TPSA) is 44.8 Å². The van der Waals surface area contributed by atoms with E-state index in [0.717, 1.165) is 11.8 Å². The Hall–Kier alpha value is -2.33. The van der Waals surface area contributed by atoms with E-state index in [2.05, 4.69) is 0 Å². The first kappa shape index (κ1) is 15.1. The fraction of sp³-hybridized carbons (Fsp3) is 0.235. The smallest absolute Gasteiger partial charge is 0.153 e. The molecule has 0 spiro atoms. The van der Waals surface area contributed by atoms with Gasteiger partial charge in [0.1, 0.15) is 18.1 Å². The molecule has 0 aliphatic heterocycles. The number of ether oxygens (including phenoxy) is 3.